The highest BCUT2D eigenvalue weighted by molar-refractivity contribution is 7.99. The van der Waals surface area contributed by atoms with E-state index in [-0.39, 0.29) is 17.4 Å². The highest BCUT2D eigenvalue weighted by atomic mass is 32.2. The predicted octanol–water partition coefficient (Wildman–Crippen LogP) is 2.04. The van der Waals surface area contributed by atoms with Crippen molar-refractivity contribution < 1.29 is 4.79 Å². The molecule has 1 saturated heterocycles. The number of nitrogens with zero attached hydrogens (tertiary/aromatic N) is 4. The van der Waals surface area contributed by atoms with E-state index in [4.69, 9.17) is 0 Å². The maximum Gasteiger partial charge on any atom is 0.252 e. The lowest BCUT2D eigenvalue weighted by atomic mass is 10.1. The maximum absolute atomic E-state index is 12.4. The molecule has 0 aromatic carbocycles. The zero-order valence-electron chi connectivity index (χ0n) is 14.1. The summed E-state index contributed by atoms with van der Waals surface area (Å²) in [4.78, 5) is 28.8. The van der Waals surface area contributed by atoms with Crippen LogP contribution in [0.15, 0.2) is 16.0 Å². The Hall–Kier alpha value is -1.83. The van der Waals surface area contributed by atoms with E-state index in [1.807, 2.05) is 23.1 Å². The molecule has 3 heterocycles. The summed E-state index contributed by atoms with van der Waals surface area (Å²) in [6.45, 7) is 5.74. The van der Waals surface area contributed by atoms with E-state index in [9.17, 15) is 9.59 Å². The van der Waals surface area contributed by atoms with Crippen LogP contribution in [0.2, 0.25) is 0 Å². The maximum atomic E-state index is 12.4. The molecule has 24 heavy (non-hydrogen) atoms. The quantitative estimate of drug-likeness (QED) is 0.854. The number of H-pyrrole nitrogens is 1. The Morgan fingerprint density at radius 2 is 1.96 bits per heavy atom. The summed E-state index contributed by atoms with van der Waals surface area (Å²) in [5, 5.41) is 8.84. The van der Waals surface area contributed by atoms with E-state index in [2.05, 4.69) is 15.2 Å². The van der Waals surface area contributed by atoms with Crippen molar-refractivity contribution in [1.29, 1.82) is 0 Å². The molecule has 0 aliphatic carbocycles. The average Bonchev–Trinajstić information content (AvgIpc) is 2.77. The molecule has 1 fully saturated rings. The fraction of sp³-hybridized carbons (Fsp3) is 0.625. The van der Waals surface area contributed by atoms with Gasteiger partial charge in [-0.25, -0.2) is 0 Å². The van der Waals surface area contributed by atoms with E-state index in [0.29, 0.717) is 16.7 Å². The van der Waals surface area contributed by atoms with Gasteiger partial charge in [0.25, 0.3) is 5.56 Å². The molecule has 2 aromatic heterocycles. The summed E-state index contributed by atoms with van der Waals surface area (Å²) in [7, 11) is 0. The Labute approximate surface area is 144 Å². The van der Waals surface area contributed by atoms with Crippen LogP contribution in [0.1, 0.15) is 51.1 Å². The molecule has 0 bridgehead atoms. The van der Waals surface area contributed by atoms with Crippen LogP contribution >= 0.6 is 11.8 Å². The second-order valence-electron chi connectivity index (χ2n) is 6.44. The molecule has 3 rings (SSSR count). The Kier molecular flexibility index (Phi) is 5.23. The molecular formula is C16H23N5O2S. The van der Waals surface area contributed by atoms with Crippen molar-refractivity contribution in [3.05, 3.63) is 22.1 Å². The lowest BCUT2D eigenvalue weighted by Crippen LogP contribution is -2.33. The van der Waals surface area contributed by atoms with E-state index >= 15 is 0 Å². The first kappa shape index (κ1) is 17.0. The Morgan fingerprint density at radius 1 is 1.25 bits per heavy atom. The third kappa shape index (κ3) is 3.63. The van der Waals surface area contributed by atoms with Gasteiger partial charge in [-0.3, -0.25) is 19.0 Å². The number of carbonyl (C=O) groups is 1. The second kappa shape index (κ2) is 7.38. The van der Waals surface area contributed by atoms with Crippen LogP contribution < -0.4 is 5.56 Å². The first-order chi connectivity index (χ1) is 11.6. The normalized spacial score (nSPS) is 15.9. The minimum Gasteiger partial charge on any atom is -0.342 e. The van der Waals surface area contributed by atoms with Crippen molar-refractivity contribution in [2.24, 2.45) is 0 Å². The van der Waals surface area contributed by atoms with Gasteiger partial charge in [-0.15, -0.1) is 10.2 Å². The Bertz CT molecular complexity index is 774. The highest BCUT2D eigenvalue weighted by Crippen LogP contribution is 2.22. The molecular weight excluding hydrogens is 326 g/mol. The van der Waals surface area contributed by atoms with Crippen LogP contribution in [0.5, 0.6) is 0 Å². The lowest BCUT2D eigenvalue weighted by molar-refractivity contribution is -0.128. The van der Waals surface area contributed by atoms with Gasteiger partial charge in [0.05, 0.1) is 5.75 Å². The average molecular weight is 349 g/mol. The molecule has 0 spiro atoms. The summed E-state index contributed by atoms with van der Waals surface area (Å²) in [6.07, 6.45) is 4.58. The van der Waals surface area contributed by atoms with Gasteiger partial charge in [0, 0.05) is 24.8 Å². The number of hydrogen-bond donors (Lipinski definition) is 1. The molecule has 1 N–H and O–H groups in total. The first-order valence-corrected chi connectivity index (χ1v) is 9.44. The molecule has 0 radical (unpaired) electrons. The summed E-state index contributed by atoms with van der Waals surface area (Å²) in [5.74, 6) is 1.08. The van der Waals surface area contributed by atoms with Crippen molar-refractivity contribution in [1.82, 2.24) is 24.5 Å². The number of likely N-dealkylation sites (tertiary alicyclic amines) is 1. The van der Waals surface area contributed by atoms with Crippen LogP contribution in [-0.2, 0) is 4.79 Å². The number of thioether (sulfide) groups is 1. The first-order valence-electron chi connectivity index (χ1n) is 8.45. The van der Waals surface area contributed by atoms with Gasteiger partial charge >= 0.3 is 0 Å². The molecule has 0 unspecified atom stereocenters. The minimum absolute atomic E-state index is 0.147. The van der Waals surface area contributed by atoms with Crippen molar-refractivity contribution in [3.63, 3.8) is 0 Å². The molecule has 7 nitrogen and oxygen atoms in total. The topological polar surface area (TPSA) is 83.4 Å². The number of aromatic amines is 1. The smallest absolute Gasteiger partial charge is 0.252 e. The van der Waals surface area contributed by atoms with Crippen molar-refractivity contribution in [2.75, 3.05) is 18.8 Å². The van der Waals surface area contributed by atoms with Gasteiger partial charge in [0.15, 0.2) is 5.16 Å². The van der Waals surface area contributed by atoms with Crippen LogP contribution in [-0.4, -0.2) is 49.2 Å². The predicted molar refractivity (Wildman–Crippen MR) is 93.5 cm³/mol. The number of fused-ring (bicyclic) bond motifs is 1. The summed E-state index contributed by atoms with van der Waals surface area (Å²) in [6, 6.07) is 1.57. The van der Waals surface area contributed by atoms with E-state index < -0.39 is 0 Å². The van der Waals surface area contributed by atoms with Crippen LogP contribution in [0.25, 0.3) is 5.78 Å². The number of hydrogen-bond acceptors (Lipinski definition) is 5. The largest absolute Gasteiger partial charge is 0.342 e. The van der Waals surface area contributed by atoms with E-state index in [1.165, 1.54) is 24.6 Å². The highest BCUT2D eigenvalue weighted by Gasteiger charge is 2.19. The SMILES string of the molecule is CC(C)c1cc(=O)[nH]c2nnc(SCC(=O)N3CCCCCC3)n12. The summed E-state index contributed by atoms with van der Waals surface area (Å²) >= 11 is 1.38. The van der Waals surface area contributed by atoms with Gasteiger partial charge in [0.2, 0.25) is 11.7 Å². The van der Waals surface area contributed by atoms with Crippen LogP contribution in [0.4, 0.5) is 0 Å². The third-order valence-corrected chi connectivity index (χ3v) is 5.19. The number of aromatic nitrogens is 4. The number of carbonyl (C=O) groups excluding carboxylic acids is 1. The van der Waals surface area contributed by atoms with Crippen LogP contribution in [0.3, 0.4) is 0 Å². The van der Waals surface area contributed by atoms with Crippen molar-refractivity contribution >= 4 is 23.4 Å². The standard InChI is InChI=1S/C16H23N5O2S/c1-11(2)12-9-13(22)17-15-18-19-16(21(12)15)24-10-14(23)20-7-5-3-4-6-8-20/h9,11H,3-8,10H2,1-2H3,(H,17,18,22). The molecule has 130 valence electrons. The Morgan fingerprint density at radius 3 is 2.62 bits per heavy atom. The molecule has 2 aromatic rings. The zero-order valence-corrected chi connectivity index (χ0v) is 14.9. The van der Waals surface area contributed by atoms with Gasteiger partial charge in [0.1, 0.15) is 0 Å². The molecule has 0 saturated carbocycles. The van der Waals surface area contributed by atoms with Gasteiger partial charge in [-0.05, 0) is 18.8 Å². The molecule has 8 heteroatoms. The van der Waals surface area contributed by atoms with Gasteiger partial charge in [-0.1, -0.05) is 38.5 Å². The summed E-state index contributed by atoms with van der Waals surface area (Å²) < 4.78 is 1.84. The number of amides is 1. The fourth-order valence-corrected chi connectivity index (χ4v) is 3.84. The van der Waals surface area contributed by atoms with E-state index in [0.717, 1.165) is 31.6 Å². The summed E-state index contributed by atoms with van der Waals surface area (Å²) in [5.41, 5.74) is 0.666. The number of nitrogens with one attached hydrogen (secondary N) is 1. The fourth-order valence-electron chi connectivity index (χ4n) is 2.98. The van der Waals surface area contributed by atoms with Gasteiger partial charge < -0.3 is 4.90 Å². The van der Waals surface area contributed by atoms with Crippen molar-refractivity contribution in [2.45, 2.75) is 50.6 Å². The lowest BCUT2D eigenvalue weighted by Gasteiger charge is -2.19. The van der Waals surface area contributed by atoms with Gasteiger partial charge in [-0.2, -0.15) is 0 Å². The van der Waals surface area contributed by atoms with Crippen molar-refractivity contribution in [3.8, 4) is 0 Å². The third-order valence-electron chi connectivity index (χ3n) is 4.28. The molecule has 1 aliphatic rings. The second-order valence-corrected chi connectivity index (χ2v) is 7.38. The molecule has 0 atom stereocenters. The monoisotopic (exact) mass is 349 g/mol. The van der Waals surface area contributed by atoms with E-state index in [1.54, 1.807) is 6.07 Å². The molecule has 1 aliphatic heterocycles. The molecule has 1 amide bonds. The van der Waals surface area contributed by atoms with Crippen LogP contribution in [0, 0.1) is 0 Å². The zero-order chi connectivity index (χ0) is 17.1. The Balaban J connectivity index is 1.78. The minimum atomic E-state index is -0.184. The number of rotatable bonds is 4.